The minimum absolute atomic E-state index is 0.121. The standard InChI is InChI=1S/C25H46N2O4/c1-17(2)9-10-27-14-20(15-27)21-16-31-23(29)24(5,6)22(28)19(4)12-25(7,30)11-18(3)13-26(21)8/h17-21,30H,9-16H2,1-8H3/t18-,19-,21+,25-/m1/s1. The summed E-state index contributed by atoms with van der Waals surface area (Å²) in [6.07, 6.45) is 2.18. The van der Waals surface area contributed by atoms with E-state index < -0.39 is 22.9 Å². The Balaban J connectivity index is 2.16. The second-order valence-electron chi connectivity index (χ2n) is 11.7. The van der Waals surface area contributed by atoms with Gasteiger partial charge in [-0.1, -0.05) is 27.7 Å². The molecule has 0 aromatic carbocycles. The predicted molar refractivity (Wildman–Crippen MR) is 124 cm³/mol. The number of likely N-dealkylation sites (N-methyl/N-ethyl adjacent to an activating group) is 1. The fourth-order valence-corrected chi connectivity index (χ4v) is 5.44. The maximum Gasteiger partial charge on any atom is 0.319 e. The third kappa shape index (κ3) is 7.00. The van der Waals surface area contributed by atoms with Gasteiger partial charge in [-0.25, -0.2) is 0 Å². The van der Waals surface area contributed by atoms with Crippen molar-refractivity contribution in [3.8, 4) is 0 Å². The lowest BCUT2D eigenvalue weighted by Crippen LogP contribution is -2.58. The van der Waals surface area contributed by atoms with Crippen molar-refractivity contribution in [3.63, 3.8) is 0 Å². The lowest BCUT2D eigenvalue weighted by molar-refractivity contribution is -0.162. The number of cyclic esters (lactones) is 1. The van der Waals surface area contributed by atoms with Crippen LogP contribution in [0.1, 0.15) is 67.7 Å². The number of Topliss-reactive ketones (excluding diaryl/α,β-unsaturated/α-hetero) is 1. The Hall–Kier alpha value is -0.980. The number of likely N-dealkylation sites (tertiary alicyclic amines) is 1. The highest BCUT2D eigenvalue weighted by Gasteiger charge is 2.44. The molecule has 4 atom stereocenters. The number of ketones is 1. The van der Waals surface area contributed by atoms with Gasteiger partial charge in [0.15, 0.2) is 5.78 Å². The number of ether oxygens (including phenoxy) is 1. The monoisotopic (exact) mass is 438 g/mol. The average molecular weight is 439 g/mol. The van der Waals surface area contributed by atoms with Crippen LogP contribution in [0.4, 0.5) is 0 Å². The second-order valence-corrected chi connectivity index (χ2v) is 11.7. The molecule has 2 saturated heterocycles. The van der Waals surface area contributed by atoms with Crippen LogP contribution in [0.3, 0.4) is 0 Å². The summed E-state index contributed by atoms with van der Waals surface area (Å²) in [6, 6.07) is 0.121. The van der Waals surface area contributed by atoms with Gasteiger partial charge in [0, 0.05) is 37.5 Å². The van der Waals surface area contributed by atoms with Crippen molar-refractivity contribution in [2.24, 2.45) is 29.1 Å². The highest BCUT2D eigenvalue weighted by molar-refractivity contribution is 6.03. The third-order valence-electron chi connectivity index (χ3n) is 7.21. The smallest absolute Gasteiger partial charge is 0.319 e. The van der Waals surface area contributed by atoms with Gasteiger partial charge in [0.1, 0.15) is 12.0 Å². The largest absolute Gasteiger partial charge is 0.463 e. The molecule has 31 heavy (non-hydrogen) atoms. The van der Waals surface area contributed by atoms with E-state index in [0.717, 1.165) is 26.2 Å². The summed E-state index contributed by atoms with van der Waals surface area (Å²) >= 11 is 0. The Bertz CT molecular complexity index is 625. The van der Waals surface area contributed by atoms with E-state index in [4.69, 9.17) is 4.74 Å². The number of aliphatic hydroxyl groups is 1. The Morgan fingerprint density at radius 1 is 1.10 bits per heavy atom. The zero-order valence-electron chi connectivity index (χ0n) is 21.1. The molecule has 0 spiro atoms. The van der Waals surface area contributed by atoms with Crippen LogP contribution in [0, 0.1) is 29.1 Å². The molecule has 0 aromatic heterocycles. The van der Waals surface area contributed by atoms with Gasteiger partial charge in [-0.15, -0.1) is 0 Å². The van der Waals surface area contributed by atoms with Crippen molar-refractivity contribution >= 4 is 11.8 Å². The van der Waals surface area contributed by atoms with Crippen LogP contribution < -0.4 is 0 Å². The molecule has 0 saturated carbocycles. The minimum atomic E-state index is -1.21. The molecule has 0 amide bonds. The molecular formula is C25H46N2O4. The quantitative estimate of drug-likeness (QED) is 0.537. The van der Waals surface area contributed by atoms with Crippen molar-refractivity contribution in [1.82, 2.24) is 9.80 Å². The SMILES string of the molecule is CC(C)CCN1CC([C@@H]2COC(=O)C(C)(C)C(=O)[C@H](C)C[C@](C)(O)C[C@@H](C)CN2C)C1. The number of hydrogen-bond acceptors (Lipinski definition) is 6. The molecule has 6 heteroatoms. The normalized spacial score (nSPS) is 35.1. The van der Waals surface area contributed by atoms with Gasteiger partial charge in [0.05, 0.1) is 5.60 Å². The van der Waals surface area contributed by atoms with Crippen LogP contribution in [0.25, 0.3) is 0 Å². The summed E-state index contributed by atoms with van der Waals surface area (Å²) in [5.41, 5.74) is -2.15. The van der Waals surface area contributed by atoms with Crippen LogP contribution in [-0.4, -0.2) is 78.1 Å². The summed E-state index contributed by atoms with van der Waals surface area (Å²) in [6.45, 7) is 17.9. The first-order valence-electron chi connectivity index (χ1n) is 12.1. The predicted octanol–water partition coefficient (Wildman–Crippen LogP) is 3.22. The molecule has 180 valence electrons. The van der Waals surface area contributed by atoms with E-state index in [1.165, 1.54) is 6.42 Å². The fraction of sp³-hybridized carbons (Fsp3) is 0.920. The van der Waals surface area contributed by atoms with Crippen molar-refractivity contribution in [2.75, 3.05) is 39.8 Å². The van der Waals surface area contributed by atoms with Crippen LogP contribution in [0.5, 0.6) is 0 Å². The lowest BCUT2D eigenvalue weighted by atomic mass is 9.76. The minimum Gasteiger partial charge on any atom is -0.463 e. The van der Waals surface area contributed by atoms with E-state index in [2.05, 4.69) is 37.6 Å². The van der Waals surface area contributed by atoms with E-state index in [1.54, 1.807) is 13.8 Å². The Morgan fingerprint density at radius 2 is 1.71 bits per heavy atom. The first kappa shape index (κ1) is 26.3. The molecule has 2 fully saturated rings. The van der Waals surface area contributed by atoms with Gasteiger partial charge in [-0.05, 0) is 65.5 Å². The summed E-state index contributed by atoms with van der Waals surface area (Å²) in [5, 5.41) is 11.0. The maximum atomic E-state index is 13.0. The van der Waals surface area contributed by atoms with Gasteiger partial charge < -0.3 is 14.7 Å². The van der Waals surface area contributed by atoms with Crippen LogP contribution >= 0.6 is 0 Å². The molecule has 0 radical (unpaired) electrons. The molecule has 2 rings (SSSR count). The van der Waals surface area contributed by atoms with Gasteiger partial charge in [0.25, 0.3) is 0 Å². The number of nitrogens with zero attached hydrogens (tertiary/aromatic N) is 2. The zero-order chi connectivity index (χ0) is 23.6. The molecule has 6 nitrogen and oxygen atoms in total. The topological polar surface area (TPSA) is 70.1 Å². The van der Waals surface area contributed by atoms with E-state index in [9.17, 15) is 14.7 Å². The molecule has 2 aliphatic heterocycles. The Labute approximate surface area is 189 Å². The summed E-state index contributed by atoms with van der Waals surface area (Å²) < 4.78 is 5.77. The van der Waals surface area contributed by atoms with Crippen molar-refractivity contribution < 1.29 is 19.4 Å². The highest BCUT2D eigenvalue weighted by atomic mass is 16.5. The van der Waals surface area contributed by atoms with E-state index >= 15 is 0 Å². The Kier molecular flexibility index (Phi) is 8.73. The number of hydrogen-bond donors (Lipinski definition) is 1. The van der Waals surface area contributed by atoms with Gasteiger partial charge in [-0.2, -0.15) is 0 Å². The van der Waals surface area contributed by atoms with Crippen molar-refractivity contribution in [3.05, 3.63) is 0 Å². The number of carbonyl (C=O) groups is 2. The molecule has 1 N–H and O–H groups in total. The van der Waals surface area contributed by atoms with Crippen LogP contribution in [0.2, 0.25) is 0 Å². The molecular weight excluding hydrogens is 392 g/mol. The first-order valence-corrected chi connectivity index (χ1v) is 12.1. The molecule has 0 unspecified atom stereocenters. The van der Waals surface area contributed by atoms with E-state index in [1.807, 2.05) is 13.8 Å². The van der Waals surface area contributed by atoms with E-state index in [0.29, 0.717) is 31.3 Å². The van der Waals surface area contributed by atoms with Crippen LogP contribution in [-0.2, 0) is 14.3 Å². The van der Waals surface area contributed by atoms with Gasteiger partial charge >= 0.3 is 5.97 Å². The number of esters is 1. The Morgan fingerprint density at radius 3 is 2.29 bits per heavy atom. The average Bonchev–Trinajstić information content (AvgIpc) is 2.59. The molecule has 2 heterocycles. The molecule has 0 aromatic rings. The van der Waals surface area contributed by atoms with Gasteiger partial charge in [-0.3, -0.25) is 14.5 Å². The van der Waals surface area contributed by atoms with Gasteiger partial charge in [0.2, 0.25) is 0 Å². The van der Waals surface area contributed by atoms with Crippen LogP contribution in [0.15, 0.2) is 0 Å². The summed E-state index contributed by atoms with van der Waals surface area (Å²) in [4.78, 5) is 30.7. The zero-order valence-corrected chi connectivity index (χ0v) is 21.1. The lowest BCUT2D eigenvalue weighted by Gasteiger charge is -2.47. The number of carbonyl (C=O) groups excluding carboxylic acids is 2. The molecule has 2 aliphatic rings. The maximum absolute atomic E-state index is 13.0. The molecule has 0 aliphatic carbocycles. The first-order chi connectivity index (χ1) is 14.2. The number of rotatable bonds is 4. The highest BCUT2D eigenvalue weighted by Crippen LogP contribution is 2.33. The van der Waals surface area contributed by atoms with Crippen molar-refractivity contribution in [1.29, 1.82) is 0 Å². The van der Waals surface area contributed by atoms with E-state index in [-0.39, 0.29) is 17.7 Å². The summed E-state index contributed by atoms with van der Waals surface area (Å²) in [5.74, 6) is 0.402. The summed E-state index contributed by atoms with van der Waals surface area (Å²) in [7, 11) is 2.10. The second kappa shape index (κ2) is 10.3. The molecule has 0 bridgehead atoms. The third-order valence-corrected chi connectivity index (χ3v) is 7.21. The van der Waals surface area contributed by atoms with Crippen molar-refractivity contribution in [2.45, 2.75) is 79.4 Å². The fourth-order valence-electron chi connectivity index (χ4n) is 5.44.